The van der Waals surface area contributed by atoms with Crippen molar-refractivity contribution in [1.82, 2.24) is 15.3 Å². The number of anilines is 2. The summed E-state index contributed by atoms with van der Waals surface area (Å²) in [6.45, 7) is 1.78. The van der Waals surface area contributed by atoms with Crippen LogP contribution < -0.4 is 20.1 Å². The molecule has 3 aromatic rings. The van der Waals surface area contributed by atoms with Gasteiger partial charge in [-0.1, -0.05) is 17.7 Å². The van der Waals surface area contributed by atoms with Gasteiger partial charge in [0.25, 0.3) is 0 Å². The number of aromatic nitrogens is 2. The average molecular weight is 403 g/mol. The van der Waals surface area contributed by atoms with Crippen molar-refractivity contribution in [3.63, 3.8) is 0 Å². The lowest BCUT2D eigenvalue weighted by molar-refractivity contribution is 0.161. The number of hydrogen-bond donors (Lipinski definition) is 2. The number of piperidine rings is 1. The Morgan fingerprint density at radius 1 is 1.25 bits per heavy atom. The standard InChI is InChI=1S/C20H20ClFN4O2/c1-27-17-9-16-13(8-18(17)28-12-4-3-7-23-10-12)20(25-11-24-16)26-15-6-2-5-14(21)19(15)22/h2,5-6,8-9,11-12,23H,3-4,7,10H2,1H3,(H,24,25,26)/t12-/m1/s1. The topological polar surface area (TPSA) is 68.3 Å². The molecule has 146 valence electrons. The first-order chi connectivity index (χ1) is 13.7. The molecule has 0 unspecified atom stereocenters. The molecule has 1 aliphatic rings. The highest BCUT2D eigenvalue weighted by molar-refractivity contribution is 6.31. The molecule has 4 rings (SSSR count). The highest BCUT2D eigenvalue weighted by atomic mass is 35.5. The first kappa shape index (κ1) is 18.7. The van der Waals surface area contributed by atoms with Crippen LogP contribution in [0.3, 0.4) is 0 Å². The number of ether oxygens (including phenoxy) is 2. The van der Waals surface area contributed by atoms with E-state index in [0.717, 1.165) is 25.9 Å². The van der Waals surface area contributed by atoms with Crippen LogP contribution >= 0.6 is 11.6 Å². The van der Waals surface area contributed by atoms with Crippen LogP contribution in [-0.2, 0) is 0 Å². The third-order valence-electron chi connectivity index (χ3n) is 4.67. The van der Waals surface area contributed by atoms with E-state index in [4.69, 9.17) is 21.1 Å². The van der Waals surface area contributed by atoms with Crippen LogP contribution in [0.4, 0.5) is 15.9 Å². The largest absolute Gasteiger partial charge is 0.493 e. The van der Waals surface area contributed by atoms with Gasteiger partial charge in [-0.05, 0) is 37.6 Å². The lowest BCUT2D eigenvalue weighted by Crippen LogP contribution is -2.37. The van der Waals surface area contributed by atoms with Crippen LogP contribution in [0.15, 0.2) is 36.7 Å². The Hall–Kier alpha value is -2.64. The summed E-state index contributed by atoms with van der Waals surface area (Å²) in [7, 11) is 1.59. The molecule has 1 saturated heterocycles. The van der Waals surface area contributed by atoms with Crippen molar-refractivity contribution in [1.29, 1.82) is 0 Å². The normalized spacial score (nSPS) is 16.8. The summed E-state index contributed by atoms with van der Waals surface area (Å²) in [5.41, 5.74) is 0.896. The van der Waals surface area contributed by atoms with E-state index >= 15 is 0 Å². The molecule has 2 aromatic carbocycles. The lowest BCUT2D eigenvalue weighted by Gasteiger charge is -2.25. The zero-order chi connectivity index (χ0) is 19.5. The molecular formula is C20H20ClFN4O2. The quantitative estimate of drug-likeness (QED) is 0.663. The van der Waals surface area contributed by atoms with E-state index in [1.54, 1.807) is 25.3 Å². The number of methoxy groups -OCH3 is 1. The van der Waals surface area contributed by atoms with E-state index in [9.17, 15) is 4.39 Å². The number of nitrogens with one attached hydrogen (secondary N) is 2. The minimum Gasteiger partial charge on any atom is -0.493 e. The van der Waals surface area contributed by atoms with Gasteiger partial charge in [-0.25, -0.2) is 14.4 Å². The van der Waals surface area contributed by atoms with Gasteiger partial charge < -0.3 is 20.1 Å². The molecule has 0 bridgehead atoms. The molecule has 0 saturated carbocycles. The zero-order valence-electron chi connectivity index (χ0n) is 15.3. The van der Waals surface area contributed by atoms with Gasteiger partial charge in [-0.2, -0.15) is 0 Å². The number of rotatable bonds is 5. The Balaban J connectivity index is 1.73. The summed E-state index contributed by atoms with van der Waals surface area (Å²) < 4.78 is 26.0. The molecule has 8 heteroatoms. The second-order valence-electron chi connectivity index (χ2n) is 6.56. The van der Waals surface area contributed by atoms with Gasteiger partial charge in [0.1, 0.15) is 18.2 Å². The first-order valence-electron chi connectivity index (χ1n) is 9.07. The Labute approximate surface area is 167 Å². The molecule has 0 spiro atoms. The van der Waals surface area contributed by atoms with Gasteiger partial charge in [0.15, 0.2) is 17.3 Å². The van der Waals surface area contributed by atoms with Crippen LogP contribution in [0.25, 0.3) is 10.9 Å². The Morgan fingerprint density at radius 3 is 2.93 bits per heavy atom. The molecule has 2 heterocycles. The summed E-state index contributed by atoms with van der Waals surface area (Å²) in [6, 6.07) is 8.39. The fourth-order valence-corrected chi connectivity index (χ4v) is 3.42. The molecule has 2 N–H and O–H groups in total. The molecule has 0 aliphatic carbocycles. The van der Waals surface area contributed by atoms with Crippen molar-refractivity contribution in [2.45, 2.75) is 18.9 Å². The minimum absolute atomic E-state index is 0.0406. The zero-order valence-corrected chi connectivity index (χ0v) is 16.1. The maximum Gasteiger partial charge on any atom is 0.165 e. The molecule has 0 amide bonds. The number of fused-ring (bicyclic) bond motifs is 1. The van der Waals surface area contributed by atoms with E-state index in [-0.39, 0.29) is 16.8 Å². The molecule has 0 radical (unpaired) electrons. The van der Waals surface area contributed by atoms with Gasteiger partial charge in [-0.3, -0.25) is 0 Å². The SMILES string of the molecule is COc1cc2ncnc(Nc3cccc(Cl)c3F)c2cc1O[C@@H]1CCCNC1. The Morgan fingerprint density at radius 2 is 2.14 bits per heavy atom. The minimum atomic E-state index is -0.533. The van der Waals surface area contributed by atoms with Gasteiger partial charge >= 0.3 is 0 Å². The molecule has 1 atom stereocenters. The fourth-order valence-electron chi connectivity index (χ4n) is 3.24. The Kier molecular flexibility index (Phi) is 5.45. The number of nitrogens with zero attached hydrogens (tertiary/aromatic N) is 2. The van der Waals surface area contributed by atoms with Crippen molar-refractivity contribution in [2.24, 2.45) is 0 Å². The highest BCUT2D eigenvalue weighted by Gasteiger charge is 2.19. The summed E-state index contributed by atoms with van der Waals surface area (Å²) in [5, 5.41) is 7.07. The van der Waals surface area contributed by atoms with E-state index in [1.807, 2.05) is 6.07 Å². The molecule has 1 aromatic heterocycles. The molecule has 1 aliphatic heterocycles. The fraction of sp³-hybridized carbons (Fsp3) is 0.300. The monoisotopic (exact) mass is 402 g/mol. The first-order valence-corrected chi connectivity index (χ1v) is 9.44. The van der Waals surface area contributed by atoms with Crippen molar-refractivity contribution in [3.8, 4) is 11.5 Å². The van der Waals surface area contributed by atoms with E-state index in [1.165, 1.54) is 12.4 Å². The summed E-state index contributed by atoms with van der Waals surface area (Å²) in [4.78, 5) is 8.58. The number of benzene rings is 2. The van der Waals surface area contributed by atoms with Crippen LogP contribution in [0, 0.1) is 5.82 Å². The van der Waals surface area contributed by atoms with E-state index in [2.05, 4.69) is 20.6 Å². The predicted octanol–water partition coefficient (Wildman–Crippen LogP) is 4.31. The second-order valence-corrected chi connectivity index (χ2v) is 6.96. The van der Waals surface area contributed by atoms with Crippen LogP contribution in [0.2, 0.25) is 5.02 Å². The van der Waals surface area contributed by atoms with Gasteiger partial charge in [-0.15, -0.1) is 0 Å². The van der Waals surface area contributed by atoms with Crippen LogP contribution in [0.5, 0.6) is 11.5 Å². The lowest BCUT2D eigenvalue weighted by atomic mass is 10.1. The van der Waals surface area contributed by atoms with E-state index in [0.29, 0.717) is 28.2 Å². The average Bonchev–Trinajstić information content (AvgIpc) is 2.72. The molecule has 6 nitrogen and oxygen atoms in total. The summed E-state index contributed by atoms with van der Waals surface area (Å²) in [6.07, 6.45) is 3.51. The molecule has 1 fully saturated rings. The third-order valence-corrected chi connectivity index (χ3v) is 4.96. The predicted molar refractivity (Wildman–Crippen MR) is 107 cm³/mol. The van der Waals surface area contributed by atoms with Gasteiger partial charge in [0, 0.05) is 18.0 Å². The van der Waals surface area contributed by atoms with Gasteiger partial charge in [0.2, 0.25) is 0 Å². The summed E-state index contributed by atoms with van der Waals surface area (Å²) >= 11 is 5.88. The molecular weight excluding hydrogens is 383 g/mol. The number of hydrogen-bond acceptors (Lipinski definition) is 6. The number of halogens is 2. The molecule has 28 heavy (non-hydrogen) atoms. The third kappa shape index (κ3) is 3.81. The highest BCUT2D eigenvalue weighted by Crippen LogP contribution is 2.36. The Bertz CT molecular complexity index is 995. The second kappa shape index (κ2) is 8.16. The van der Waals surface area contributed by atoms with Crippen molar-refractivity contribution >= 4 is 34.0 Å². The van der Waals surface area contributed by atoms with Gasteiger partial charge in [0.05, 0.1) is 23.3 Å². The van der Waals surface area contributed by atoms with Crippen molar-refractivity contribution in [3.05, 3.63) is 47.5 Å². The van der Waals surface area contributed by atoms with Crippen LogP contribution in [-0.4, -0.2) is 36.3 Å². The van der Waals surface area contributed by atoms with Crippen LogP contribution in [0.1, 0.15) is 12.8 Å². The van der Waals surface area contributed by atoms with Crippen molar-refractivity contribution < 1.29 is 13.9 Å². The smallest absolute Gasteiger partial charge is 0.165 e. The summed E-state index contributed by atoms with van der Waals surface area (Å²) in [5.74, 6) is 1.12. The van der Waals surface area contributed by atoms with Crippen molar-refractivity contribution in [2.75, 3.05) is 25.5 Å². The van der Waals surface area contributed by atoms with E-state index < -0.39 is 5.82 Å². The maximum absolute atomic E-state index is 14.3. The maximum atomic E-state index is 14.3.